The first-order chi connectivity index (χ1) is 7.80. The molecule has 1 aromatic rings. The van der Waals surface area contributed by atoms with Gasteiger partial charge in [-0.3, -0.25) is 0 Å². The summed E-state index contributed by atoms with van der Waals surface area (Å²) in [6.07, 6.45) is 1.65. The molecule has 96 valence electrons. The Labute approximate surface area is 117 Å². The van der Waals surface area contributed by atoms with E-state index in [-0.39, 0.29) is 5.41 Å². The van der Waals surface area contributed by atoms with Crippen molar-refractivity contribution in [2.24, 2.45) is 5.41 Å². The topological polar surface area (TPSA) is 28.2 Å². The average Bonchev–Trinajstić information content (AvgIpc) is 2.14. The van der Waals surface area contributed by atoms with Gasteiger partial charge in [0.25, 0.3) is 0 Å². The van der Waals surface area contributed by atoms with Crippen LogP contribution >= 0.6 is 27.5 Å². The lowest BCUT2D eigenvalue weighted by molar-refractivity contribution is 0.254. The molecule has 1 rings (SSSR count). The fraction of sp³-hybridized carbons (Fsp3) is 0.583. The summed E-state index contributed by atoms with van der Waals surface area (Å²) in [6, 6.07) is 1.84. The van der Waals surface area contributed by atoms with Crippen molar-refractivity contribution in [3.63, 3.8) is 0 Å². The quantitative estimate of drug-likeness (QED) is 0.900. The van der Waals surface area contributed by atoms with Crippen molar-refractivity contribution in [3.05, 3.63) is 21.8 Å². The summed E-state index contributed by atoms with van der Waals surface area (Å²) in [7, 11) is 4.16. The monoisotopic (exact) mass is 319 g/mol. The third-order valence-electron chi connectivity index (χ3n) is 2.29. The molecule has 0 atom stereocenters. The molecule has 0 saturated carbocycles. The lowest BCUT2D eigenvalue weighted by Gasteiger charge is -2.28. The molecule has 0 fully saturated rings. The van der Waals surface area contributed by atoms with Crippen LogP contribution in [0, 0.1) is 5.41 Å². The lowest BCUT2D eigenvalue weighted by atomic mass is 9.93. The van der Waals surface area contributed by atoms with Gasteiger partial charge in [0.15, 0.2) is 0 Å². The van der Waals surface area contributed by atoms with E-state index in [9.17, 15) is 0 Å². The number of anilines is 1. The van der Waals surface area contributed by atoms with E-state index in [4.69, 9.17) is 11.6 Å². The maximum absolute atomic E-state index is 5.85. The summed E-state index contributed by atoms with van der Waals surface area (Å²) < 4.78 is 0.894. The smallest absolute Gasteiger partial charge is 0.140 e. The second-order valence-corrected chi connectivity index (χ2v) is 6.53. The normalized spacial score (nSPS) is 11.9. The van der Waals surface area contributed by atoms with Crippen LogP contribution < -0.4 is 5.32 Å². The number of nitrogens with one attached hydrogen (secondary N) is 1. The highest BCUT2D eigenvalue weighted by molar-refractivity contribution is 9.10. The minimum atomic E-state index is 0.185. The third kappa shape index (κ3) is 5.23. The molecule has 3 nitrogen and oxygen atoms in total. The van der Waals surface area contributed by atoms with Gasteiger partial charge in [-0.15, -0.1) is 0 Å². The maximum atomic E-state index is 5.85. The van der Waals surface area contributed by atoms with E-state index in [1.54, 1.807) is 6.20 Å². The fourth-order valence-electron chi connectivity index (χ4n) is 1.78. The Morgan fingerprint density at radius 3 is 2.65 bits per heavy atom. The van der Waals surface area contributed by atoms with Gasteiger partial charge in [-0.1, -0.05) is 25.4 Å². The van der Waals surface area contributed by atoms with Gasteiger partial charge < -0.3 is 10.2 Å². The second-order valence-electron chi connectivity index (χ2n) is 5.24. The van der Waals surface area contributed by atoms with Crippen molar-refractivity contribution >= 4 is 33.3 Å². The Morgan fingerprint density at radius 2 is 2.12 bits per heavy atom. The number of nitrogens with zero attached hydrogens (tertiary/aromatic N) is 2. The minimum Gasteiger partial charge on any atom is -0.369 e. The molecule has 0 aliphatic carbocycles. The van der Waals surface area contributed by atoms with Crippen molar-refractivity contribution in [2.45, 2.75) is 13.8 Å². The zero-order valence-corrected chi connectivity index (χ0v) is 13.1. The maximum Gasteiger partial charge on any atom is 0.140 e. The van der Waals surface area contributed by atoms with Crippen LogP contribution in [0.15, 0.2) is 16.7 Å². The summed E-state index contributed by atoms with van der Waals surface area (Å²) in [6.45, 7) is 6.33. The molecule has 0 radical (unpaired) electrons. The Hall–Kier alpha value is -0.320. The van der Waals surface area contributed by atoms with E-state index in [1.807, 2.05) is 6.07 Å². The molecular formula is C12H19BrClN3. The highest BCUT2D eigenvalue weighted by atomic mass is 79.9. The van der Waals surface area contributed by atoms with Crippen molar-refractivity contribution in [1.82, 2.24) is 9.88 Å². The molecule has 1 heterocycles. The van der Waals surface area contributed by atoms with E-state index in [1.165, 1.54) is 0 Å². The molecule has 0 spiro atoms. The van der Waals surface area contributed by atoms with Gasteiger partial charge in [-0.25, -0.2) is 4.98 Å². The zero-order valence-electron chi connectivity index (χ0n) is 10.7. The van der Waals surface area contributed by atoms with Crippen molar-refractivity contribution < 1.29 is 0 Å². The Kier molecular flexibility index (Phi) is 5.22. The third-order valence-corrected chi connectivity index (χ3v) is 3.10. The highest BCUT2D eigenvalue weighted by Gasteiger charge is 2.19. The highest BCUT2D eigenvalue weighted by Crippen LogP contribution is 2.25. The van der Waals surface area contributed by atoms with Gasteiger partial charge in [-0.2, -0.15) is 0 Å². The van der Waals surface area contributed by atoms with Crippen LogP contribution in [-0.4, -0.2) is 37.1 Å². The molecule has 0 saturated heterocycles. The number of halogens is 2. The largest absolute Gasteiger partial charge is 0.369 e. The summed E-state index contributed by atoms with van der Waals surface area (Å²) in [5.41, 5.74) is 0.185. The zero-order chi connectivity index (χ0) is 13.1. The molecule has 0 unspecified atom stereocenters. The number of hydrogen-bond acceptors (Lipinski definition) is 3. The predicted octanol–water partition coefficient (Wildman–Crippen LogP) is 3.50. The lowest BCUT2D eigenvalue weighted by Crippen LogP contribution is -2.34. The van der Waals surface area contributed by atoms with Crippen LogP contribution in [0.2, 0.25) is 5.02 Å². The van der Waals surface area contributed by atoms with E-state index in [2.05, 4.69) is 59.1 Å². The molecule has 0 aromatic carbocycles. The molecule has 0 aliphatic heterocycles. The molecule has 0 amide bonds. The van der Waals surface area contributed by atoms with Crippen molar-refractivity contribution in [3.8, 4) is 0 Å². The van der Waals surface area contributed by atoms with Gasteiger partial charge in [0.05, 0.1) is 9.50 Å². The number of pyridine rings is 1. The first-order valence-electron chi connectivity index (χ1n) is 5.50. The summed E-state index contributed by atoms with van der Waals surface area (Å²) in [4.78, 5) is 6.44. The molecule has 1 aromatic heterocycles. The molecule has 5 heteroatoms. The molecule has 17 heavy (non-hydrogen) atoms. The van der Waals surface area contributed by atoms with E-state index in [0.29, 0.717) is 5.02 Å². The molecular weight excluding hydrogens is 302 g/mol. The first-order valence-corrected chi connectivity index (χ1v) is 6.67. The molecule has 0 bridgehead atoms. The Balaban J connectivity index is 2.61. The van der Waals surface area contributed by atoms with Crippen LogP contribution in [0.25, 0.3) is 0 Å². The fourth-order valence-corrected chi connectivity index (χ4v) is 2.56. The summed E-state index contributed by atoms with van der Waals surface area (Å²) in [5.74, 6) is 0.834. The van der Waals surface area contributed by atoms with Gasteiger partial charge in [0.2, 0.25) is 0 Å². The van der Waals surface area contributed by atoms with Crippen LogP contribution in [0.5, 0.6) is 0 Å². The Bertz CT molecular complexity index is 380. The van der Waals surface area contributed by atoms with E-state index < -0.39 is 0 Å². The first kappa shape index (κ1) is 14.7. The van der Waals surface area contributed by atoms with Crippen LogP contribution in [-0.2, 0) is 0 Å². The van der Waals surface area contributed by atoms with E-state index in [0.717, 1.165) is 23.4 Å². The van der Waals surface area contributed by atoms with Gasteiger partial charge in [0, 0.05) is 19.3 Å². The SMILES string of the molecule is CN(C)CC(C)(C)CNc1ncc(Cl)cc1Br. The Morgan fingerprint density at radius 1 is 1.47 bits per heavy atom. The van der Waals surface area contributed by atoms with Gasteiger partial charge in [-0.05, 0) is 41.5 Å². The summed E-state index contributed by atoms with van der Waals surface area (Å²) >= 11 is 9.29. The van der Waals surface area contributed by atoms with Crippen molar-refractivity contribution in [2.75, 3.05) is 32.5 Å². The van der Waals surface area contributed by atoms with Gasteiger partial charge >= 0.3 is 0 Å². The van der Waals surface area contributed by atoms with Crippen molar-refractivity contribution in [1.29, 1.82) is 0 Å². The molecule has 0 aliphatic rings. The number of hydrogen-bond donors (Lipinski definition) is 1. The van der Waals surface area contributed by atoms with Crippen LogP contribution in [0.1, 0.15) is 13.8 Å². The summed E-state index contributed by atoms with van der Waals surface area (Å²) in [5, 5.41) is 3.98. The van der Waals surface area contributed by atoms with Crippen LogP contribution in [0.3, 0.4) is 0 Å². The van der Waals surface area contributed by atoms with Gasteiger partial charge in [0.1, 0.15) is 5.82 Å². The number of rotatable bonds is 5. The minimum absolute atomic E-state index is 0.185. The predicted molar refractivity (Wildman–Crippen MR) is 77.8 cm³/mol. The average molecular weight is 321 g/mol. The molecule has 1 N–H and O–H groups in total. The second kappa shape index (κ2) is 6.03. The van der Waals surface area contributed by atoms with Crippen LogP contribution in [0.4, 0.5) is 5.82 Å². The standard InChI is InChI=1S/C12H19BrClN3/c1-12(2,8-17(3)4)7-16-11-10(13)5-9(14)6-15-11/h5-6H,7-8H2,1-4H3,(H,15,16). The number of aromatic nitrogens is 1. The van der Waals surface area contributed by atoms with E-state index >= 15 is 0 Å².